The number of hydrogen-bond acceptors (Lipinski definition) is 4. The third kappa shape index (κ3) is 4.79. The van der Waals surface area contributed by atoms with Gasteiger partial charge in [-0.2, -0.15) is 0 Å². The molecule has 0 saturated carbocycles. The van der Waals surface area contributed by atoms with Gasteiger partial charge in [0.1, 0.15) is 5.75 Å². The van der Waals surface area contributed by atoms with Gasteiger partial charge in [-0.1, -0.05) is 54.6 Å². The number of ether oxygens (including phenoxy) is 1. The standard InChI is InChI=1S/C25H26N2O2S/c1-2-16-27(25-26-21-13-7-9-15-23(21)30-25)24(28)18-29-22-14-8-6-12-20(22)17-19-10-4-3-5-11-19/h2-6,8,10-12,14H,1,7,9,13,15-18H2. The van der Waals surface area contributed by atoms with Gasteiger partial charge in [0.2, 0.25) is 0 Å². The zero-order valence-electron chi connectivity index (χ0n) is 17.0. The predicted molar refractivity (Wildman–Crippen MR) is 122 cm³/mol. The van der Waals surface area contributed by atoms with Gasteiger partial charge >= 0.3 is 0 Å². The van der Waals surface area contributed by atoms with Gasteiger partial charge in [0, 0.05) is 17.8 Å². The minimum absolute atomic E-state index is 0.0239. The van der Waals surface area contributed by atoms with Gasteiger partial charge in [0.05, 0.1) is 5.69 Å². The van der Waals surface area contributed by atoms with Gasteiger partial charge in [-0.05, 0) is 42.9 Å². The van der Waals surface area contributed by atoms with Crippen molar-refractivity contribution in [3.63, 3.8) is 0 Å². The molecule has 5 heteroatoms. The van der Waals surface area contributed by atoms with E-state index < -0.39 is 0 Å². The van der Waals surface area contributed by atoms with Gasteiger partial charge in [-0.25, -0.2) is 4.98 Å². The largest absolute Gasteiger partial charge is 0.483 e. The van der Waals surface area contributed by atoms with E-state index in [9.17, 15) is 4.79 Å². The second-order valence-corrected chi connectivity index (χ2v) is 8.49. The number of anilines is 1. The van der Waals surface area contributed by atoms with Gasteiger partial charge in [-0.3, -0.25) is 9.69 Å². The SMILES string of the molecule is C=CCN(C(=O)COc1ccccc1Cc1ccccc1)c1nc2c(s1)CCCC2. The Kier molecular flexibility index (Phi) is 6.60. The number of para-hydroxylation sites is 1. The minimum atomic E-state index is -0.101. The quantitative estimate of drug-likeness (QED) is 0.472. The zero-order valence-corrected chi connectivity index (χ0v) is 17.9. The van der Waals surface area contributed by atoms with Crippen LogP contribution in [0, 0.1) is 0 Å². The molecule has 0 atom stereocenters. The Bertz CT molecular complexity index is 989. The number of carbonyl (C=O) groups is 1. The normalized spacial score (nSPS) is 12.8. The molecule has 30 heavy (non-hydrogen) atoms. The molecule has 0 saturated heterocycles. The molecule has 0 N–H and O–H groups in total. The Morgan fingerprint density at radius 1 is 1.10 bits per heavy atom. The molecule has 0 fully saturated rings. The van der Waals surface area contributed by atoms with Crippen LogP contribution in [0.4, 0.5) is 5.13 Å². The third-order valence-electron chi connectivity index (χ3n) is 5.24. The molecular formula is C25H26N2O2S. The highest BCUT2D eigenvalue weighted by molar-refractivity contribution is 7.16. The number of rotatable bonds is 8. The number of aryl methyl sites for hydroxylation is 2. The molecule has 1 aromatic heterocycles. The summed E-state index contributed by atoms with van der Waals surface area (Å²) in [5, 5.41) is 0.757. The minimum Gasteiger partial charge on any atom is -0.483 e. The maximum absolute atomic E-state index is 13.0. The Labute approximate surface area is 181 Å². The van der Waals surface area contributed by atoms with Crippen LogP contribution in [0.15, 0.2) is 67.3 Å². The number of benzene rings is 2. The Hall–Kier alpha value is -2.92. The highest BCUT2D eigenvalue weighted by Crippen LogP contribution is 2.32. The summed E-state index contributed by atoms with van der Waals surface area (Å²) in [5.41, 5.74) is 3.43. The van der Waals surface area contributed by atoms with Crippen molar-refractivity contribution >= 4 is 22.4 Å². The van der Waals surface area contributed by atoms with Crippen LogP contribution >= 0.6 is 11.3 Å². The molecular weight excluding hydrogens is 392 g/mol. The predicted octanol–water partition coefficient (Wildman–Crippen LogP) is 5.21. The van der Waals surface area contributed by atoms with E-state index in [0.29, 0.717) is 6.54 Å². The first-order valence-corrected chi connectivity index (χ1v) is 11.2. The molecule has 154 valence electrons. The highest BCUT2D eigenvalue weighted by Gasteiger charge is 2.23. The van der Waals surface area contributed by atoms with E-state index in [1.54, 1.807) is 22.3 Å². The lowest BCUT2D eigenvalue weighted by Crippen LogP contribution is -2.35. The number of thiazole rings is 1. The molecule has 4 rings (SSSR count). The van der Waals surface area contributed by atoms with Gasteiger partial charge in [-0.15, -0.1) is 17.9 Å². The lowest BCUT2D eigenvalue weighted by atomic mass is 10.0. The lowest BCUT2D eigenvalue weighted by molar-refractivity contribution is -0.120. The fraction of sp³-hybridized carbons (Fsp3) is 0.280. The van der Waals surface area contributed by atoms with Crippen molar-refractivity contribution in [3.05, 3.63) is 89.0 Å². The molecule has 0 aliphatic heterocycles. The molecule has 0 spiro atoms. The smallest absolute Gasteiger partial charge is 0.266 e. The fourth-order valence-electron chi connectivity index (χ4n) is 3.69. The van der Waals surface area contributed by atoms with E-state index in [-0.39, 0.29) is 12.5 Å². The van der Waals surface area contributed by atoms with E-state index in [4.69, 9.17) is 9.72 Å². The second kappa shape index (κ2) is 9.72. The van der Waals surface area contributed by atoms with Crippen molar-refractivity contribution in [2.75, 3.05) is 18.1 Å². The average Bonchev–Trinajstić information content (AvgIpc) is 3.21. The van der Waals surface area contributed by atoms with Gasteiger partial charge in [0.25, 0.3) is 5.91 Å². The average molecular weight is 419 g/mol. The van der Waals surface area contributed by atoms with E-state index in [0.717, 1.165) is 41.4 Å². The van der Waals surface area contributed by atoms with Crippen LogP contribution < -0.4 is 9.64 Å². The van der Waals surface area contributed by atoms with Crippen molar-refractivity contribution in [3.8, 4) is 5.75 Å². The summed E-state index contributed by atoms with van der Waals surface area (Å²) in [6.07, 6.45) is 6.94. The molecule has 1 heterocycles. The molecule has 1 aliphatic rings. The van der Waals surface area contributed by atoms with Crippen molar-refractivity contribution in [1.82, 2.24) is 4.98 Å². The lowest BCUT2D eigenvalue weighted by Gasteiger charge is -2.19. The Morgan fingerprint density at radius 2 is 1.87 bits per heavy atom. The summed E-state index contributed by atoms with van der Waals surface area (Å²) in [4.78, 5) is 20.8. The molecule has 3 aromatic rings. The monoisotopic (exact) mass is 418 g/mol. The van der Waals surface area contributed by atoms with Gasteiger partial charge < -0.3 is 4.74 Å². The van der Waals surface area contributed by atoms with E-state index in [1.165, 1.54) is 23.3 Å². The van der Waals surface area contributed by atoms with Crippen LogP contribution in [-0.2, 0) is 24.1 Å². The summed E-state index contributed by atoms with van der Waals surface area (Å²) in [6, 6.07) is 18.2. The highest BCUT2D eigenvalue weighted by atomic mass is 32.1. The van der Waals surface area contributed by atoms with Crippen LogP contribution in [0.1, 0.15) is 34.5 Å². The number of fused-ring (bicyclic) bond motifs is 1. The van der Waals surface area contributed by atoms with Crippen molar-refractivity contribution in [1.29, 1.82) is 0 Å². The summed E-state index contributed by atoms with van der Waals surface area (Å²) in [7, 11) is 0. The fourth-order valence-corrected chi connectivity index (χ4v) is 4.87. The summed E-state index contributed by atoms with van der Waals surface area (Å²) in [5.74, 6) is 0.641. The topological polar surface area (TPSA) is 42.4 Å². The molecule has 2 aromatic carbocycles. The summed E-state index contributed by atoms with van der Waals surface area (Å²) < 4.78 is 5.97. The molecule has 0 bridgehead atoms. The molecule has 0 unspecified atom stereocenters. The number of carbonyl (C=O) groups excluding carboxylic acids is 1. The maximum Gasteiger partial charge on any atom is 0.266 e. The number of aromatic nitrogens is 1. The first-order valence-electron chi connectivity index (χ1n) is 10.4. The number of hydrogen-bond donors (Lipinski definition) is 0. The second-order valence-electron chi connectivity index (χ2n) is 7.43. The Morgan fingerprint density at radius 3 is 2.67 bits per heavy atom. The van der Waals surface area contributed by atoms with Crippen LogP contribution in [0.25, 0.3) is 0 Å². The Balaban J connectivity index is 1.46. The van der Waals surface area contributed by atoms with Crippen molar-refractivity contribution in [2.45, 2.75) is 32.1 Å². The van der Waals surface area contributed by atoms with Crippen LogP contribution in [0.3, 0.4) is 0 Å². The summed E-state index contributed by atoms with van der Waals surface area (Å²) >= 11 is 1.63. The van der Waals surface area contributed by atoms with E-state index >= 15 is 0 Å². The first-order chi connectivity index (χ1) is 14.7. The van der Waals surface area contributed by atoms with Gasteiger partial charge in [0.15, 0.2) is 11.7 Å². The van der Waals surface area contributed by atoms with E-state index in [2.05, 4.69) is 18.7 Å². The van der Waals surface area contributed by atoms with Crippen molar-refractivity contribution < 1.29 is 9.53 Å². The van der Waals surface area contributed by atoms with Crippen LogP contribution in [0.2, 0.25) is 0 Å². The van der Waals surface area contributed by atoms with Crippen molar-refractivity contribution in [2.24, 2.45) is 0 Å². The van der Waals surface area contributed by atoms with Crippen LogP contribution in [-0.4, -0.2) is 24.0 Å². The first kappa shape index (κ1) is 20.4. The maximum atomic E-state index is 13.0. The molecule has 1 aliphatic carbocycles. The molecule has 4 nitrogen and oxygen atoms in total. The molecule has 1 amide bonds. The van der Waals surface area contributed by atoms with E-state index in [1.807, 2.05) is 42.5 Å². The molecule has 0 radical (unpaired) electrons. The third-order valence-corrected chi connectivity index (χ3v) is 6.42. The zero-order chi connectivity index (χ0) is 20.8. The number of nitrogens with zero attached hydrogens (tertiary/aromatic N) is 2. The summed E-state index contributed by atoms with van der Waals surface area (Å²) in [6.45, 7) is 4.22. The van der Waals surface area contributed by atoms with Crippen LogP contribution in [0.5, 0.6) is 5.75 Å². The number of amides is 1.